The van der Waals surface area contributed by atoms with E-state index in [0.717, 1.165) is 31.6 Å². The highest BCUT2D eigenvalue weighted by molar-refractivity contribution is 7.89. The Labute approximate surface area is 95.5 Å². The smallest absolute Gasteiger partial charge is 0.238 e. The van der Waals surface area contributed by atoms with E-state index in [-0.39, 0.29) is 4.90 Å². The van der Waals surface area contributed by atoms with Gasteiger partial charge in [-0.25, -0.2) is 13.6 Å². The minimum atomic E-state index is -3.60. The lowest BCUT2D eigenvalue weighted by Crippen LogP contribution is -2.16. The summed E-state index contributed by atoms with van der Waals surface area (Å²) in [6.45, 7) is 1.48. The summed E-state index contributed by atoms with van der Waals surface area (Å²) >= 11 is 0. The van der Waals surface area contributed by atoms with Crippen molar-refractivity contribution in [3.05, 3.63) is 29.8 Å². The standard InChI is InChI=1S/C11H15NO3S/c12-16(13,14)11-3-1-2-10(8-11)9-4-6-15-7-5-9/h1-3,8-9H,4-7H2,(H2,12,13,14). The second-order valence-corrected chi connectivity index (χ2v) is 5.57. The third-order valence-corrected chi connectivity index (χ3v) is 3.79. The van der Waals surface area contributed by atoms with Crippen molar-refractivity contribution >= 4 is 10.0 Å². The van der Waals surface area contributed by atoms with Crippen LogP contribution in [0.1, 0.15) is 24.3 Å². The van der Waals surface area contributed by atoms with Gasteiger partial charge in [0, 0.05) is 13.2 Å². The first-order chi connectivity index (χ1) is 7.57. The van der Waals surface area contributed by atoms with Gasteiger partial charge < -0.3 is 4.74 Å². The van der Waals surface area contributed by atoms with E-state index in [2.05, 4.69) is 0 Å². The predicted molar refractivity (Wildman–Crippen MR) is 60.6 cm³/mol. The second-order valence-electron chi connectivity index (χ2n) is 4.00. The third kappa shape index (κ3) is 2.61. The first-order valence-corrected chi connectivity index (χ1v) is 6.82. The highest BCUT2D eigenvalue weighted by atomic mass is 32.2. The Morgan fingerprint density at radius 1 is 1.25 bits per heavy atom. The van der Waals surface area contributed by atoms with Gasteiger partial charge in [-0.2, -0.15) is 0 Å². The molecule has 1 aliphatic rings. The molecule has 0 amide bonds. The fourth-order valence-corrected chi connectivity index (χ4v) is 2.54. The Morgan fingerprint density at radius 3 is 2.56 bits per heavy atom. The van der Waals surface area contributed by atoms with Crippen molar-refractivity contribution in [3.8, 4) is 0 Å². The molecule has 1 saturated heterocycles. The zero-order valence-corrected chi connectivity index (χ0v) is 9.74. The minimum Gasteiger partial charge on any atom is -0.381 e. The van der Waals surface area contributed by atoms with Crippen LogP contribution in [0.5, 0.6) is 0 Å². The molecule has 16 heavy (non-hydrogen) atoms. The molecule has 0 spiro atoms. The summed E-state index contributed by atoms with van der Waals surface area (Å²) < 4.78 is 27.7. The van der Waals surface area contributed by atoms with Gasteiger partial charge in [-0.15, -0.1) is 0 Å². The number of ether oxygens (including phenoxy) is 1. The first-order valence-electron chi connectivity index (χ1n) is 5.28. The molecule has 2 N–H and O–H groups in total. The highest BCUT2D eigenvalue weighted by Crippen LogP contribution is 2.27. The molecule has 0 saturated carbocycles. The van der Waals surface area contributed by atoms with Crippen LogP contribution in [-0.4, -0.2) is 21.6 Å². The second kappa shape index (κ2) is 4.53. The lowest BCUT2D eigenvalue weighted by Gasteiger charge is -2.22. The zero-order chi connectivity index (χ0) is 11.6. The number of hydrogen-bond donors (Lipinski definition) is 1. The number of nitrogens with two attached hydrogens (primary N) is 1. The van der Waals surface area contributed by atoms with Gasteiger partial charge in [0.15, 0.2) is 0 Å². The van der Waals surface area contributed by atoms with Crippen LogP contribution in [-0.2, 0) is 14.8 Å². The van der Waals surface area contributed by atoms with Crippen molar-refractivity contribution in [1.82, 2.24) is 0 Å². The number of primary sulfonamides is 1. The van der Waals surface area contributed by atoms with Crippen molar-refractivity contribution in [2.24, 2.45) is 5.14 Å². The lowest BCUT2D eigenvalue weighted by molar-refractivity contribution is 0.0853. The van der Waals surface area contributed by atoms with Crippen molar-refractivity contribution in [2.75, 3.05) is 13.2 Å². The van der Waals surface area contributed by atoms with E-state index < -0.39 is 10.0 Å². The summed E-state index contributed by atoms with van der Waals surface area (Å²) in [5.41, 5.74) is 1.04. The monoisotopic (exact) mass is 241 g/mol. The number of benzene rings is 1. The molecule has 1 aliphatic heterocycles. The average Bonchev–Trinajstić information content (AvgIpc) is 2.29. The molecule has 5 heteroatoms. The number of rotatable bonds is 2. The molecule has 88 valence electrons. The van der Waals surface area contributed by atoms with E-state index >= 15 is 0 Å². The Balaban J connectivity index is 2.28. The van der Waals surface area contributed by atoms with Crippen LogP contribution >= 0.6 is 0 Å². The Morgan fingerprint density at radius 2 is 1.94 bits per heavy atom. The molecule has 0 aliphatic carbocycles. The summed E-state index contributed by atoms with van der Waals surface area (Å²) in [7, 11) is -3.60. The largest absolute Gasteiger partial charge is 0.381 e. The van der Waals surface area contributed by atoms with Gasteiger partial charge in [0.2, 0.25) is 10.0 Å². The first kappa shape index (κ1) is 11.6. The van der Waals surface area contributed by atoms with E-state index in [1.54, 1.807) is 12.1 Å². The minimum absolute atomic E-state index is 0.191. The van der Waals surface area contributed by atoms with Crippen LogP contribution in [0.25, 0.3) is 0 Å². The van der Waals surface area contributed by atoms with Crippen LogP contribution < -0.4 is 5.14 Å². The predicted octanol–water partition coefficient (Wildman–Crippen LogP) is 1.23. The van der Waals surface area contributed by atoms with E-state index in [0.29, 0.717) is 5.92 Å². The van der Waals surface area contributed by atoms with Crippen LogP contribution in [0.15, 0.2) is 29.2 Å². The van der Waals surface area contributed by atoms with Gasteiger partial charge in [0.25, 0.3) is 0 Å². The van der Waals surface area contributed by atoms with Crippen LogP contribution in [0.3, 0.4) is 0 Å². The summed E-state index contributed by atoms with van der Waals surface area (Å²) in [5, 5.41) is 5.10. The van der Waals surface area contributed by atoms with E-state index in [1.165, 1.54) is 6.07 Å². The molecule has 1 fully saturated rings. The SMILES string of the molecule is NS(=O)(=O)c1cccc(C2CCOCC2)c1. The van der Waals surface area contributed by atoms with Gasteiger partial charge in [0.1, 0.15) is 0 Å². The van der Waals surface area contributed by atoms with Crippen LogP contribution in [0, 0.1) is 0 Å². The normalized spacial score (nSPS) is 18.6. The zero-order valence-electron chi connectivity index (χ0n) is 8.93. The Kier molecular flexibility index (Phi) is 3.28. The Hall–Kier alpha value is -0.910. The van der Waals surface area contributed by atoms with Crippen LogP contribution in [0.4, 0.5) is 0 Å². The molecule has 2 rings (SSSR count). The molecule has 1 heterocycles. The summed E-state index contributed by atoms with van der Waals surface area (Å²) in [5.74, 6) is 0.385. The maximum Gasteiger partial charge on any atom is 0.238 e. The maximum atomic E-state index is 11.2. The topological polar surface area (TPSA) is 69.4 Å². The average molecular weight is 241 g/mol. The van der Waals surface area contributed by atoms with E-state index in [1.807, 2.05) is 6.07 Å². The van der Waals surface area contributed by atoms with Gasteiger partial charge in [-0.3, -0.25) is 0 Å². The molecule has 4 nitrogen and oxygen atoms in total. The van der Waals surface area contributed by atoms with Gasteiger partial charge in [-0.05, 0) is 36.5 Å². The highest BCUT2D eigenvalue weighted by Gasteiger charge is 2.17. The summed E-state index contributed by atoms with van der Waals surface area (Å²) in [4.78, 5) is 0.191. The van der Waals surface area contributed by atoms with Crippen molar-refractivity contribution in [1.29, 1.82) is 0 Å². The Bertz CT molecular complexity index is 464. The van der Waals surface area contributed by atoms with Crippen molar-refractivity contribution < 1.29 is 13.2 Å². The van der Waals surface area contributed by atoms with Gasteiger partial charge in [0.05, 0.1) is 4.90 Å². The molecular formula is C11H15NO3S. The van der Waals surface area contributed by atoms with Gasteiger partial charge in [-0.1, -0.05) is 12.1 Å². The molecular weight excluding hydrogens is 226 g/mol. The molecule has 0 aromatic heterocycles. The molecule has 0 bridgehead atoms. The summed E-state index contributed by atoms with van der Waals surface area (Å²) in [6, 6.07) is 6.89. The van der Waals surface area contributed by atoms with Crippen LogP contribution in [0.2, 0.25) is 0 Å². The summed E-state index contributed by atoms with van der Waals surface area (Å²) in [6.07, 6.45) is 1.88. The number of sulfonamides is 1. The molecule has 0 unspecified atom stereocenters. The number of hydrogen-bond acceptors (Lipinski definition) is 3. The fraction of sp³-hybridized carbons (Fsp3) is 0.455. The molecule has 0 atom stereocenters. The van der Waals surface area contributed by atoms with Crippen molar-refractivity contribution in [2.45, 2.75) is 23.7 Å². The quantitative estimate of drug-likeness (QED) is 0.846. The van der Waals surface area contributed by atoms with E-state index in [4.69, 9.17) is 9.88 Å². The van der Waals surface area contributed by atoms with Crippen molar-refractivity contribution in [3.63, 3.8) is 0 Å². The molecule has 1 aromatic rings. The third-order valence-electron chi connectivity index (χ3n) is 2.88. The van der Waals surface area contributed by atoms with E-state index in [9.17, 15) is 8.42 Å². The molecule has 1 aromatic carbocycles. The maximum absolute atomic E-state index is 11.2. The fourth-order valence-electron chi connectivity index (χ4n) is 1.98. The van der Waals surface area contributed by atoms with Gasteiger partial charge >= 0.3 is 0 Å². The lowest BCUT2D eigenvalue weighted by atomic mass is 9.92. The molecule has 0 radical (unpaired) electrons.